The van der Waals surface area contributed by atoms with Crippen LogP contribution in [-0.2, 0) is 11.2 Å². The summed E-state index contributed by atoms with van der Waals surface area (Å²) in [6, 6.07) is 6.52. The van der Waals surface area contributed by atoms with E-state index in [1.807, 2.05) is 0 Å². The number of carbonyl (C=O) groups excluding carboxylic acids is 2. The molecule has 0 saturated heterocycles. The SMILES string of the molecule is CC#N.Nc1cc(F)c(F)cc1NC1CC1.O=C(n1ccnc1)n1ccnc1.O=C1Cc2cc(F)c(F)cc2N1C1CC1. The maximum absolute atomic E-state index is 13.0. The minimum atomic E-state index is -0.904. The highest BCUT2D eigenvalue weighted by molar-refractivity contribution is 6.02. The third-order valence-electron chi connectivity index (χ3n) is 6.38. The molecule has 1 aliphatic heterocycles. The summed E-state index contributed by atoms with van der Waals surface area (Å²) >= 11 is 0. The van der Waals surface area contributed by atoms with Gasteiger partial charge in [-0.15, -0.1) is 0 Å². The van der Waals surface area contributed by atoms with Crippen LogP contribution in [-0.4, -0.2) is 43.1 Å². The zero-order chi connectivity index (χ0) is 31.1. The second-order valence-corrected chi connectivity index (χ2v) is 9.78. The van der Waals surface area contributed by atoms with E-state index < -0.39 is 23.3 Å². The number of benzene rings is 2. The van der Waals surface area contributed by atoms with Gasteiger partial charge in [0.15, 0.2) is 23.3 Å². The molecule has 224 valence electrons. The van der Waals surface area contributed by atoms with Crippen LogP contribution in [0, 0.1) is 34.6 Å². The zero-order valence-corrected chi connectivity index (χ0v) is 23.1. The average molecular weight is 597 g/mol. The summed E-state index contributed by atoms with van der Waals surface area (Å²) in [7, 11) is 0. The number of halogens is 4. The van der Waals surface area contributed by atoms with Gasteiger partial charge in [-0.3, -0.25) is 13.9 Å². The number of hydrogen-bond donors (Lipinski definition) is 2. The quantitative estimate of drug-likeness (QED) is 0.243. The molecule has 7 rings (SSSR count). The van der Waals surface area contributed by atoms with Gasteiger partial charge in [0, 0.05) is 62.0 Å². The van der Waals surface area contributed by atoms with Crippen LogP contribution >= 0.6 is 0 Å². The van der Waals surface area contributed by atoms with Crippen molar-refractivity contribution >= 4 is 29.0 Å². The maximum atomic E-state index is 13.0. The van der Waals surface area contributed by atoms with Gasteiger partial charge in [-0.1, -0.05) is 0 Å². The number of nitrogens with two attached hydrogens (primary N) is 1. The van der Waals surface area contributed by atoms with E-state index in [9.17, 15) is 27.2 Å². The first kappa shape index (κ1) is 30.8. The molecule has 1 amide bonds. The zero-order valence-electron chi connectivity index (χ0n) is 23.1. The number of hydrogen-bond acceptors (Lipinski definition) is 7. The van der Waals surface area contributed by atoms with E-state index in [2.05, 4.69) is 15.3 Å². The Hall–Kier alpha value is -5.19. The topological polar surface area (TPSA) is 135 Å². The summed E-state index contributed by atoms with van der Waals surface area (Å²) < 4.78 is 54.1. The van der Waals surface area contributed by atoms with E-state index in [0.29, 0.717) is 23.0 Å². The van der Waals surface area contributed by atoms with Crippen molar-refractivity contribution in [3.8, 4) is 6.07 Å². The van der Waals surface area contributed by atoms with Crippen LogP contribution < -0.4 is 16.0 Å². The van der Waals surface area contributed by atoms with Gasteiger partial charge >= 0.3 is 6.03 Å². The Kier molecular flexibility index (Phi) is 9.76. The lowest BCUT2D eigenvalue weighted by Crippen LogP contribution is -2.28. The number of amides is 1. The Morgan fingerprint density at radius 2 is 1.47 bits per heavy atom. The molecule has 0 atom stereocenters. The average Bonchev–Trinajstić information content (AvgIpc) is 3.80. The van der Waals surface area contributed by atoms with Crippen LogP contribution in [0.1, 0.15) is 38.2 Å². The fourth-order valence-electron chi connectivity index (χ4n) is 4.07. The molecule has 2 saturated carbocycles. The van der Waals surface area contributed by atoms with E-state index in [1.54, 1.807) is 35.8 Å². The largest absolute Gasteiger partial charge is 0.397 e. The minimum absolute atomic E-state index is 0.0440. The van der Waals surface area contributed by atoms with Crippen molar-refractivity contribution in [1.29, 1.82) is 5.26 Å². The molecule has 2 fully saturated rings. The third kappa shape index (κ3) is 7.97. The summed E-state index contributed by atoms with van der Waals surface area (Å²) in [5.41, 5.74) is 7.40. The van der Waals surface area contributed by atoms with Crippen molar-refractivity contribution in [1.82, 2.24) is 19.1 Å². The molecule has 0 radical (unpaired) electrons. The lowest BCUT2D eigenvalue weighted by molar-refractivity contribution is -0.117. The number of imidazole rings is 2. The number of nitrogen functional groups attached to an aromatic ring is 1. The number of carbonyl (C=O) groups is 2. The van der Waals surface area contributed by atoms with Crippen molar-refractivity contribution in [2.24, 2.45) is 0 Å². The summed E-state index contributed by atoms with van der Waals surface area (Å²) in [6.07, 6.45) is 13.4. The summed E-state index contributed by atoms with van der Waals surface area (Å²) in [4.78, 5) is 32.2. The van der Waals surface area contributed by atoms with Gasteiger partial charge in [0.25, 0.3) is 0 Å². The number of nitrogens with one attached hydrogen (secondary N) is 1. The van der Waals surface area contributed by atoms with E-state index in [1.165, 1.54) is 28.7 Å². The Balaban J connectivity index is 0.000000142. The fraction of sp³-hybridized carbons (Fsp3) is 0.276. The highest BCUT2D eigenvalue weighted by atomic mass is 19.2. The molecule has 2 aliphatic carbocycles. The number of rotatable bonds is 3. The normalized spacial score (nSPS) is 14.6. The highest BCUT2D eigenvalue weighted by Gasteiger charge is 2.39. The molecule has 0 unspecified atom stereocenters. The lowest BCUT2D eigenvalue weighted by Gasteiger charge is -2.16. The molecule has 14 heteroatoms. The monoisotopic (exact) mass is 596 g/mol. The molecule has 3 N–H and O–H groups in total. The molecule has 10 nitrogen and oxygen atoms in total. The van der Waals surface area contributed by atoms with Crippen molar-refractivity contribution in [2.45, 2.75) is 51.1 Å². The number of fused-ring (bicyclic) bond motifs is 1. The fourth-order valence-corrected chi connectivity index (χ4v) is 4.07. The van der Waals surface area contributed by atoms with Crippen LogP contribution in [0.4, 0.5) is 39.4 Å². The maximum Gasteiger partial charge on any atom is 0.338 e. The molecule has 0 bridgehead atoms. The number of aromatic nitrogens is 4. The summed E-state index contributed by atoms with van der Waals surface area (Å²) in [6.45, 7) is 1.43. The Bertz CT molecular complexity index is 1580. The van der Waals surface area contributed by atoms with Gasteiger partial charge in [-0.05, 0) is 37.3 Å². The van der Waals surface area contributed by atoms with Gasteiger partial charge in [0.2, 0.25) is 5.91 Å². The number of nitriles is 1. The predicted octanol–water partition coefficient (Wildman–Crippen LogP) is 5.26. The van der Waals surface area contributed by atoms with Gasteiger partial charge in [0.1, 0.15) is 12.7 Å². The Morgan fingerprint density at radius 1 is 0.930 bits per heavy atom. The molecular weight excluding hydrogens is 568 g/mol. The smallest absolute Gasteiger partial charge is 0.338 e. The highest BCUT2D eigenvalue weighted by Crippen LogP contribution is 2.39. The lowest BCUT2D eigenvalue weighted by atomic mass is 10.1. The Labute approximate surface area is 244 Å². The van der Waals surface area contributed by atoms with E-state index >= 15 is 0 Å². The molecule has 0 spiro atoms. The van der Waals surface area contributed by atoms with Crippen molar-refractivity contribution in [3.63, 3.8) is 0 Å². The van der Waals surface area contributed by atoms with Gasteiger partial charge in [-0.25, -0.2) is 32.3 Å². The van der Waals surface area contributed by atoms with Crippen LogP contribution in [0.25, 0.3) is 0 Å². The Morgan fingerprint density at radius 3 is 1.98 bits per heavy atom. The van der Waals surface area contributed by atoms with E-state index in [0.717, 1.165) is 49.9 Å². The first-order valence-electron chi connectivity index (χ1n) is 13.2. The van der Waals surface area contributed by atoms with Gasteiger partial charge in [0.05, 0.1) is 29.6 Å². The summed E-state index contributed by atoms with van der Waals surface area (Å²) in [5.74, 6) is -3.57. The summed E-state index contributed by atoms with van der Waals surface area (Å²) in [5, 5.41) is 10.3. The molecule has 2 aromatic carbocycles. The van der Waals surface area contributed by atoms with Crippen LogP contribution in [0.2, 0.25) is 0 Å². The van der Waals surface area contributed by atoms with E-state index in [4.69, 9.17) is 11.0 Å². The molecule has 43 heavy (non-hydrogen) atoms. The van der Waals surface area contributed by atoms with Gasteiger partial charge < -0.3 is 16.0 Å². The second-order valence-electron chi connectivity index (χ2n) is 9.78. The molecule has 4 aromatic rings. The van der Waals surface area contributed by atoms with Crippen LogP contribution in [0.5, 0.6) is 0 Å². The van der Waals surface area contributed by atoms with Crippen molar-refractivity contribution < 1.29 is 27.2 Å². The molecular formula is C29H28F4N8O2. The van der Waals surface area contributed by atoms with E-state index in [-0.39, 0.29) is 30.1 Å². The minimum Gasteiger partial charge on any atom is -0.397 e. The molecule has 3 aliphatic rings. The molecule has 3 heterocycles. The standard InChI is InChI=1S/C11H9F2NO.C9H10F2N2.C7H6N4O.C2H3N/c12-8-3-6-4-11(15)14(7-1-2-7)10(6)5-9(8)13;10-6-3-8(12)9(4-7(6)11)13-5-1-2-5;12-7(10-3-1-8-5-10)11-4-2-9-6-11;1-2-3/h3,5,7H,1-2,4H2;3-5,13H,1-2,12H2;1-6H;1H3. The van der Waals surface area contributed by atoms with Crippen molar-refractivity contribution in [2.75, 3.05) is 16.0 Å². The van der Waals surface area contributed by atoms with Gasteiger partial charge in [-0.2, -0.15) is 5.26 Å². The predicted molar refractivity (Wildman–Crippen MR) is 150 cm³/mol. The first-order valence-corrected chi connectivity index (χ1v) is 13.2. The molecule has 2 aromatic heterocycles. The number of nitrogens with zero attached hydrogens (tertiary/aromatic N) is 6. The third-order valence-corrected chi connectivity index (χ3v) is 6.38. The number of anilines is 3. The van der Waals surface area contributed by atoms with Crippen LogP contribution in [0.15, 0.2) is 61.7 Å². The van der Waals surface area contributed by atoms with Crippen LogP contribution in [0.3, 0.4) is 0 Å². The second kappa shape index (κ2) is 13.6. The first-order chi connectivity index (χ1) is 20.6. The van der Waals surface area contributed by atoms with Crippen molar-refractivity contribution in [3.05, 3.63) is 90.5 Å².